The maximum Gasteiger partial charge on any atom is 0.339 e. The summed E-state index contributed by atoms with van der Waals surface area (Å²) in [7, 11) is 1.82. The van der Waals surface area contributed by atoms with Crippen molar-refractivity contribution in [1.82, 2.24) is 9.78 Å². The molecule has 100 valence electrons. The Morgan fingerprint density at radius 2 is 2.26 bits per heavy atom. The first-order valence-electron chi connectivity index (χ1n) is 5.62. The normalized spacial score (nSPS) is 10.5. The number of aryl methyl sites for hydroxylation is 2. The summed E-state index contributed by atoms with van der Waals surface area (Å²) >= 11 is 3.28. The van der Waals surface area contributed by atoms with Gasteiger partial charge >= 0.3 is 5.97 Å². The molecule has 0 aliphatic rings. The van der Waals surface area contributed by atoms with E-state index in [9.17, 15) is 9.90 Å². The van der Waals surface area contributed by atoms with Crippen LogP contribution in [0, 0.1) is 6.92 Å². The van der Waals surface area contributed by atoms with E-state index in [1.807, 2.05) is 32.3 Å². The minimum Gasteiger partial charge on any atom is -0.486 e. The lowest BCUT2D eigenvalue weighted by Crippen LogP contribution is -2.06. The summed E-state index contributed by atoms with van der Waals surface area (Å²) in [6.07, 6.45) is 1.81. The van der Waals surface area contributed by atoms with Crippen LogP contribution in [0.3, 0.4) is 0 Å². The molecule has 2 rings (SSSR count). The van der Waals surface area contributed by atoms with Crippen molar-refractivity contribution in [3.8, 4) is 5.75 Å². The van der Waals surface area contributed by atoms with Gasteiger partial charge in [0.1, 0.15) is 17.9 Å². The van der Waals surface area contributed by atoms with E-state index in [1.165, 1.54) is 6.07 Å². The van der Waals surface area contributed by atoms with Gasteiger partial charge in [0.05, 0.1) is 5.69 Å². The number of hydrogen-bond acceptors (Lipinski definition) is 3. The van der Waals surface area contributed by atoms with Crippen molar-refractivity contribution in [2.75, 3.05) is 0 Å². The molecule has 1 aromatic carbocycles. The first-order chi connectivity index (χ1) is 8.97. The van der Waals surface area contributed by atoms with Gasteiger partial charge in [0.2, 0.25) is 0 Å². The number of carboxylic acid groups (broad SMARTS) is 1. The van der Waals surface area contributed by atoms with Gasteiger partial charge in [0.15, 0.2) is 0 Å². The third-order valence-corrected chi connectivity index (χ3v) is 3.06. The lowest BCUT2D eigenvalue weighted by molar-refractivity contribution is 0.0691. The summed E-state index contributed by atoms with van der Waals surface area (Å²) in [5.41, 5.74) is 1.66. The van der Waals surface area contributed by atoms with Gasteiger partial charge in [-0.25, -0.2) is 4.79 Å². The molecule has 6 heteroatoms. The van der Waals surface area contributed by atoms with Gasteiger partial charge in [-0.1, -0.05) is 15.9 Å². The Balaban J connectivity index is 2.26. The Morgan fingerprint density at radius 1 is 1.53 bits per heavy atom. The van der Waals surface area contributed by atoms with Crippen LogP contribution in [0.2, 0.25) is 0 Å². The zero-order chi connectivity index (χ0) is 14.0. The van der Waals surface area contributed by atoms with E-state index < -0.39 is 5.97 Å². The van der Waals surface area contributed by atoms with E-state index in [2.05, 4.69) is 21.0 Å². The van der Waals surface area contributed by atoms with Crippen LogP contribution < -0.4 is 4.74 Å². The monoisotopic (exact) mass is 324 g/mol. The summed E-state index contributed by atoms with van der Waals surface area (Å²) in [5, 5.41) is 13.4. The predicted molar refractivity (Wildman–Crippen MR) is 73.4 cm³/mol. The predicted octanol–water partition coefficient (Wildman–Crippen LogP) is 2.77. The highest BCUT2D eigenvalue weighted by Crippen LogP contribution is 2.28. The van der Waals surface area contributed by atoms with Gasteiger partial charge in [-0.2, -0.15) is 5.10 Å². The van der Waals surface area contributed by atoms with E-state index in [-0.39, 0.29) is 12.2 Å². The lowest BCUT2D eigenvalue weighted by atomic mass is 10.1. The molecular formula is C13H13BrN2O3. The molecular weight excluding hydrogens is 312 g/mol. The van der Waals surface area contributed by atoms with Crippen LogP contribution in [0.25, 0.3) is 0 Å². The zero-order valence-electron chi connectivity index (χ0n) is 10.6. The minimum atomic E-state index is -1.01. The Morgan fingerprint density at radius 3 is 2.84 bits per heavy atom. The average Bonchev–Trinajstić information content (AvgIpc) is 2.73. The molecule has 0 radical (unpaired) electrons. The molecule has 19 heavy (non-hydrogen) atoms. The maximum absolute atomic E-state index is 11.2. The molecule has 0 aliphatic heterocycles. The fourth-order valence-electron chi connectivity index (χ4n) is 1.77. The van der Waals surface area contributed by atoms with E-state index in [4.69, 9.17) is 4.74 Å². The number of aromatic nitrogens is 2. The molecule has 0 spiro atoms. The summed E-state index contributed by atoms with van der Waals surface area (Å²) in [5.74, 6) is -0.637. The highest BCUT2D eigenvalue weighted by atomic mass is 79.9. The van der Waals surface area contributed by atoms with E-state index >= 15 is 0 Å². The van der Waals surface area contributed by atoms with E-state index in [0.717, 1.165) is 11.3 Å². The van der Waals surface area contributed by atoms with Gasteiger partial charge in [-0.3, -0.25) is 4.68 Å². The molecule has 0 bridgehead atoms. The van der Waals surface area contributed by atoms with E-state index in [1.54, 1.807) is 4.68 Å². The number of benzene rings is 1. The number of nitrogens with zero attached hydrogens (tertiary/aromatic N) is 2. The summed E-state index contributed by atoms with van der Waals surface area (Å²) in [4.78, 5) is 11.2. The minimum absolute atomic E-state index is 0.141. The van der Waals surface area contributed by atoms with Gasteiger partial charge in [-0.05, 0) is 30.7 Å². The number of carbonyl (C=O) groups is 1. The first kappa shape index (κ1) is 13.6. The topological polar surface area (TPSA) is 64.3 Å². The highest BCUT2D eigenvalue weighted by molar-refractivity contribution is 9.10. The number of rotatable bonds is 4. The van der Waals surface area contributed by atoms with Crippen LogP contribution in [0.4, 0.5) is 0 Å². The van der Waals surface area contributed by atoms with Crippen molar-refractivity contribution in [2.24, 2.45) is 7.05 Å². The molecule has 1 N–H and O–H groups in total. The molecule has 1 aromatic heterocycles. The van der Waals surface area contributed by atoms with Crippen LogP contribution in [-0.2, 0) is 13.7 Å². The van der Waals surface area contributed by atoms with Gasteiger partial charge in [-0.15, -0.1) is 0 Å². The van der Waals surface area contributed by atoms with Crippen molar-refractivity contribution in [3.63, 3.8) is 0 Å². The van der Waals surface area contributed by atoms with E-state index in [0.29, 0.717) is 10.2 Å². The molecule has 0 amide bonds. The van der Waals surface area contributed by atoms with Crippen molar-refractivity contribution >= 4 is 21.9 Å². The number of aromatic carboxylic acids is 1. The molecule has 5 nitrogen and oxygen atoms in total. The first-order valence-corrected chi connectivity index (χ1v) is 6.41. The summed E-state index contributed by atoms with van der Waals surface area (Å²) < 4.78 is 7.99. The van der Waals surface area contributed by atoms with Gasteiger partial charge < -0.3 is 9.84 Å². The largest absolute Gasteiger partial charge is 0.486 e. The molecule has 0 aliphatic carbocycles. The third-order valence-electron chi connectivity index (χ3n) is 2.60. The SMILES string of the molecule is Cc1cc(Br)cc(C(=O)O)c1OCc1ccn(C)n1. The van der Waals surface area contributed by atoms with Crippen molar-refractivity contribution in [2.45, 2.75) is 13.5 Å². The molecule has 1 heterocycles. The molecule has 0 saturated heterocycles. The van der Waals surface area contributed by atoms with Crippen molar-refractivity contribution < 1.29 is 14.6 Å². The maximum atomic E-state index is 11.2. The molecule has 0 unspecified atom stereocenters. The zero-order valence-corrected chi connectivity index (χ0v) is 12.1. The molecule has 0 saturated carbocycles. The molecule has 0 fully saturated rings. The lowest BCUT2D eigenvalue weighted by Gasteiger charge is -2.11. The number of ether oxygens (including phenoxy) is 1. The van der Waals surface area contributed by atoms with Crippen LogP contribution in [0.5, 0.6) is 5.75 Å². The fraction of sp³-hybridized carbons (Fsp3) is 0.231. The second kappa shape index (κ2) is 5.44. The summed E-state index contributed by atoms with van der Waals surface area (Å²) in [6, 6.07) is 5.18. The average molecular weight is 325 g/mol. The van der Waals surface area contributed by atoms with Crippen LogP contribution in [-0.4, -0.2) is 20.9 Å². The van der Waals surface area contributed by atoms with Crippen LogP contribution in [0.15, 0.2) is 28.9 Å². The highest BCUT2D eigenvalue weighted by Gasteiger charge is 2.15. The Kier molecular flexibility index (Phi) is 3.90. The van der Waals surface area contributed by atoms with Crippen molar-refractivity contribution in [1.29, 1.82) is 0 Å². The standard InChI is InChI=1S/C13H13BrN2O3/c1-8-5-9(14)6-11(13(17)18)12(8)19-7-10-3-4-16(2)15-10/h3-6H,7H2,1-2H3,(H,17,18). The van der Waals surface area contributed by atoms with Crippen LogP contribution >= 0.6 is 15.9 Å². The fourth-order valence-corrected chi connectivity index (χ4v) is 2.34. The Hall–Kier alpha value is -1.82. The number of hydrogen-bond donors (Lipinski definition) is 1. The number of carboxylic acids is 1. The van der Waals surface area contributed by atoms with Gasteiger partial charge in [0, 0.05) is 17.7 Å². The van der Waals surface area contributed by atoms with Crippen LogP contribution in [0.1, 0.15) is 21.6 Å². The van der Waals surface area contributed by atoms with Gasteiger partial charge in [0.25, 0.3) is 0 Å². The quantitative estimate of drug-likeness (QED) is 0.939. The Labute approximate surface area is 118 Å². The summed E-state index contributed by atoms with van der Waals surface area (Å²) in [6.45, 7) is 2.05. The third kappa shape index (κ3) is 3.14. The molecule has 0 atom stereocenters. The van der Waals surface area contributed by atoms with Crippen molar-refractivity contribution in [3.05, 3.63) is 45.7 Å². The second-order valence-corrected chi connectivity index (χ2v) is 5.09. The molecule has 2 aromatic rings. The smallest absolute Gasteiger partial charge is 0.339 e. The number of halogens is 1. The second-order valence-electron chi connectivity index (χ2n) is 4.17. The Bertz CT molecular complexity index is 622.